The minimum Gasteiger partial charge on any atom is -0.333 e. The van der Waals surface area contributed by atoms with Gasteiger partial charge in [0.1, 0.15) is 0 Å². The van der Waals surface area contributed by atoms with Gasteiger partial charge in [-0.1, -0.05) is 30.7 Å². The van der Waals surface area contributed by atoms with E-state index in [1.807, 2.05) is 5.32 Å². The van der Waals surface area contributed by atoms with Crippen molar-refractivity contribution in [3.63, 3.8) is 0 Å². The van der Waals surface area contributed by atoms with Crippen molar-refractivity contribution >= 4 is 23.5 Å². The number of halogens is 3. The summed E-state index contributed by atoms with van der Waals surface area (Å²) in [6, 6.07) is 4.35. The average Bonchev–Trinajstić information content (AvgIpc) is 3.07. The van der Waals surface area contributed by atoms with E-state index in [1.54, 1.807) is 28.9 Å². The van der Waals surface area contributed by atoms with Crippen LogP contribution >= 0.6 is 0 Å². The van der Waals surface area contributed by atoms with Crippen LogP contribution in [0.15, 0.2) is 30.0 Å². The topological polar surface area (TPSA) is 81.8 Å². The van der Waals surface area contributed by atoms with E-state index in [0.717, 1.165) is 50.8 Å². The summed E-state index contributed by atoms with van der Waals surface area (Å²) in [5, 5.41) is 4.94. The molecule has 1 aromatic rings. The Bertz CT molecular complexity index is 1060. The van der Waals surface area contributed by atoms with Gasteiger partial charge in [0.2, 0.25) is 0 Å². The molecule has 3 aliphatic rings. The zero-order valence-corrected chi connectivity index (χ0v) is 18.9. The fourth-order valence-corrected chi connectivity index (χ4v) is 4.69. The fourth-order valence-electron chi connectivity index (χ4n) is 4.69. The first-order chi connectivity index (χ1) is 16.2. The van der Waals surface area contributed by atoms with Gasteiger partial charge in [-0.3, -0.25) is 9.59 Å². The lowest BCUT2D eigenvalue weighted by atomic mass is 9.89. The molecule has 2 heterocycles. The minimum atomic E-state index is -5.04. The summed E-state index contributed by atoms with van der Waals surface area (Å²) in [5.41, 5.74) is 3.86. The van der Waals surface area contributed by atoms with Crippen molar-refractivity contribution in [1.29, 1.82) is 0 Å². The molecule has 4 rings (SSSR count). The molecule has 2 fully saturated rings. The van der Waals surface area contributed by atoms with Gasteiger partial charge in [-0.25, -0.2) is 4.79 Å². The number of amides is 4. The number of urea groups is 1. The summed E-state index contributed by atoms with van der Waals surface area (Å²) in [5.74, 6) is -2.33. The molecule has 0 bridgehead atoms. The molecule has 182 valence electrons. The number of hydrogen-bond donors (Lipinski definition) is 2. The second-order valence-electron chi connectivity index (χ2n) is 8.81. The summed E-state index contributed by atoms with van der Waals surface area (Å²) >= 11 is 0. The van der Waals surface area contributed by atoms with Gasteiger partial charge in [-0.05, 0) is 43.9 Å². The van der Waals surface area contributed by atoms with Gasteiger partial charge in [0, 0.05) is 30.8 Å². The monoisotopic (exact) mass is 476 g/mol. The largest absolute Gasteiger partial charge is 0.471 e. The third kappa shape index (κ3) is 4.82. The van der Waals surface area contributed by atoms with Crippen molar-refractivity contribution in [2.24, 2.45) is 0 Å². The van der Waals surface area contributed by atoms with E-state index in [9.17, 15) is 27.6 Å². The Hall–Kier alpha value is -3.26. The van der Waals surface area contributed by atoms with Gasteiger partial charge in [0.15, 0.2) is 0 Å². The molecular formula is C24H27F3N4O3. The van der Waals surface area contributed by atoms with E-state index in [-0.39, 0.29) is 35.3 Å². The van der Waals surface area contributed by atoms with Crippen LogP contribution in [0.25, 0.3) is 5.70 Å². The standard InChI is InChI=1S/C24H27F3N4O3/c1-2-6-18(28-22(33)24(25,26)27)15-9-10-16-14-31(21(32)17(16)13-15)20-8-4-3-7-19(20)29-23(34)30-11-5-12-30/h2,9-10,13,19-20H,3-5,7-8,11-12,14H2,1H3,(H,28,33)(H,29,34). The Morgan fingerprint density at radius 2 is 1.88 bits per heavy atom. The molecule has 0 aromatic heterocycles. The molecule has 10 heteroatoms. The van der Waals surface area contributed by atoms with Crippen molar-refractivity contribution in [2.45, 2.75) is 63.8 Å². The number of carbonyl (C=O) groups is 3. The fraction of sp³-hybridized carbons (Fsp3) is 0.500. The molecular weight excluding hydrogens is 449 g/mol. The number of benzene rings is 1. The highest BCUT2D eigenvalue weighted by atomic mass is 19.4. The lowest BCUT2D eigenvalue weighted by molar-refractivity contribution is -0.172. The Labute approximate surface area is 195 Å². The predicted molar refractivity (Wildman–Crippen MR) is 118 cm³/mol. The maximum atomic E-state index is 13.3. The maximum Gasteiger partial charge on any atom is 0.471 e. The summed E-state index contributed by atoms with van der Waals surface area (Å²) in [7, 11) is 0. The third-order valence-corrected chi connectivity index (χ3v) is 6.60. The molecule has 1 aromatic carbocycles. The van der Waals surface area contributed by atoms with Crippen molar-refractivity contribution in [1.82, 2.24) is 20.4 Å². The van der Waals surface area contributed by atoms with E-state index >= 15 is 0 Å². The number of nitrogens with zero attached hydrogens (tertiary/aromatic N) is 2. The molecule has 1 saturated carbocycles. The number of fused-ring (bicyclic) bond motifs is 1. The van der Waals surface area contributed by atoms with Gasteiger partial charge in [0.05, 0.1) is 17.8 Å². The first-order valence-corrected chi connectivity index (χ1v) is 11.5. The quantitative estimate of drug-likeness (QED) is 0.652. The number of hydrogen-bond acceptors (Lipinski definition) is 3. The number of alkyl halides is 3. The molecule has 0 spiro atoms. The zero-order valence-electron chi connectivity index (χ0n) is 18.9. The lowest BCUT2D eigenvalue weighted by Crippen LogP contribution is -2.57. The first-order valence-electron chi connectivity index (χ1n) is 11.5. The van der Waals surface area contributed by atoms with Crippen LogP contribution in [0.1, 0.15) is 60.5 Å². The van der Waals surface area contributed by atoms with Crippen LogP contribution in [0.3, 0.4) is 0 Å². The first kappa shape index (κ1) is 23.9. The second kappa shape index (κ2) is 9.54. The number of nitrogens with one attached hydrogen (secondary N) is 2. The summed E-state index contributed by atoms with van der Waals surface area (Å²) in [4.78, 5) is 40.8. The SMILES string of the molecule is CC=C=C(NC(=O)C(F)(F)F)c1ccc2c(c1)C(=O)N(C1CCCCC1NC(=O)N1CCC1)C2. The predicted octanol–water partition coefficient (Wildman–Crippen LogP) is 3.56. The van der Waals surface area contributed by atoms with Crippen LogP contribution in [-0.4, -0.2) is 59.0 Å². The van der Waals surface area contributed by atoms with Crippen LogP contribution in [0.5, 0.6) is 0 Å². The van der Waals surface area contributed by atoms with Gasteiger partial charge in [0.25, 0.3) is 5.91 Å². The average molecular weight is 476 g/mol. The van der Waals surface area contributed by atoms with Crippen LogP contribution < -0.4 is 10.6 Å². The van der Waals surface area contributed by atoms with E-state index in [2.05, 4.69) is 11.0 Å². The molecule has 1 saturated heterocycles. The Balaban J connectivity index is 1.54. The van der Waals surface area contributed by atoms with Gasteiger partial charge < -0.3 is 20.4 Å². The van der Waals surface area contributed by atoms with Gasteiger partial charge >= 0.3 is 18.1 Å². The Morgan fingerprint density at radius 1 is 1.15 bits per heavy atom. The highest BCUT2D eigenvalue weighted by Gasteiger charge is 2.41. The molecule has 2 unspecified atom stereocenters. The van der Waals surface area contributed by atoms with Crippen molar-refractivity contribution < 1.29 is 27.6 Å². The molecule has 4 amide bonds. The summed E-state index contributed by atoms with van der Waals surface area (Å²) in [6.07, 6.45) is 0.815. The third-order valence-electron chi connectivity index (χ3n) is 6.60. The summed E-state index contributed by atoms with van der Waals surface area (Å²) < 4.78 is 38.3. The highest BCUT2D eigenvalue weighted by Crippen LogP contribution is 2.33. The van der Waals surface area contributed by atoms with Crippen molar-refractivity contribution in [3.8, 4) is 0 Å². The Morgan fingerprint density at radius 3 is 2.53 bits per heavy atom. The number of rotatable bonds is 4. The molecule has 2 N–H and O–H groups in total. The van der Waals surface area contributed by atoms with Gasteiger partial charge in [-0.2, -0.15) is 13.2 Å². The molecule has 0 radical (unpaired) electrons. The lowest BCUT2D eigenvalue weighted by Gasteiger charge is -2.40. The number of allylic oxidation sites excluding steroid dienone is 1. The van der Waals surface area contributed by atoms with E-state index in [4.69, 9.17) is 0 Å². The molecule has 2 aliphatic heterocycles. The van der Waals surface area contributed by atoms with E-state index in [1.165, 1.54) is 12.1 Å². The Kier molecular flexibility index (Phi) is 6.70. The maximum absolute atomic E-state index is 13.3. The molecule has 2 atom stereocenters. The van der Waals surface area contributed by atoms with Crippen molar-refractivity contribution in [3.05, 3.63) is 46.7 Å². The summed E-state index contributed by atoms with van der Waals surface area (Å²) in [6.45, 7) is 3.42. The van der Waals surface area contributed by atoms with Crippen LogP contribution in [0.4, 0.5) is 18.0 Å². The molecule has 1 aliphatic carbocycles. The minimum absolute atomic E-state index is 0.101. The van der Waals surface area contributed by atoms with E-state index < -0.39 is 12.1 Å². The molecule has 34 heavy (non-hydrogen) atoms. The van der Waals surface area contributed by atoms with Crippen LogP contribution in [0.2, 0.25) is 0 Å². The number of carbonyl (C=O) groups excluding carboxylic acids is 3. The van der Waals surface area contributed by atoms with Crippen molar-refractivity contribution in [2.75, 3.05) is 13.1 Å². The van der Waals surface area contributed by atoms with Gasteiger partial charge in [-0.15, -0.1) is 0 Å². The zero-order chi connectivity index (χ0) is 24.5. The normalized spacial score (nSPS) is 21.8. The second-order valence-corrected chi connectivity index (χ2v) is 8.81. The molecule has 7 nitrogen and oxygen atoms in total. The van der Waals surface area contributed by atoms with E-state index in [0.29, 0.717) is 12.1 Å². The smallest absolute Gasteiger partial charge is 0.333 e. The highest BCUT2D eigenvalue weighted by molar-refractivity contribution is 6.00. The van der Waals surface area contributed by atoms with Crippen LogP contribution in [0, 0.1) is 0 Å². The van der Waals surface area contributed by atoms with Crippen LogP contribution in [-0.2, 0) is 11.3 Å². The number of likely N-dealkylation sites (tertiary alicyclic amines) is 1.